The second-order valence-corrected chi connectivity index (χ2v) is 5.74. The van der Waals surface area contributed by atoms with Crippen molar-refractivity contribution >= 4 is 0 Å². The predicted octanol–water partition coefficient (Wildman–Crippen LogP) is 2.41. The van der Waals surface area contributed by atoms with Gasteiger partial charge in [-0.15, -0.1) is 0 Å². The van der Waals surface area contributed by atoms with Crippen molar-refractivity contribution in [1.29, 1.82) is 0 Å². The molecule has 0 aliphatic carbocycles. The van der Waals surface area contributed by atoms with Gasteiger partial charge in [-0.25, -0.2) is 0 Å². The average molecular weight is 253 g/mol. The molecule has 1 atom stereocenters. The third-order valence-corrected chi connectivity index (χ3v) is 3.35. The van der Waals surface area contributed by atoms with Crippen LogP contribution in [0.15, 0.2) is 12.3 Å². The summed E-state index contributed by atoms with van der Waals surface area (Å²) in [5.74, 6) is 0. The van der Waals surface area contributed by atoms with Crippen LogP contribution in [-0.2, 0) is 11.2 Å². The zero-order valence-corrected chi connectivity index (χ0v) is 12.5. The van der Waals surface area contributed by atoms with E-state index in [1.54, 1.807) is 7.11 Å². The van der Waals surface area contributed by atoms with Gasteiger partial charge >= 0.3 is 0 Å². The molecular weight excluding hydrogens is 226 g/mol. The van der Waals surface area contributed by atoms with Crippen molar-refractivity contribution in [3.8, 4) is 0 Å². The van der Waals surface area contributed by atoms with Crippen molar-refractivity contribution in [3.63, 3.8) is 0 Å². The van der Waals surface area contributed by atoms with Crippen LogP contribution < -0.4 is 5.32 Å². The Bertz CT molecular complexity index is 358. The van der Waals surface area contributed by atoms with Crippen molar-refractivity contribution in [2.45, 2.75) is 58.2 Å². The maximum Gasteiger partial charge on any atom is 0.0640 e. The Hall–Kier alpha value is -0.870. The van der Waals surface area contributed by atoms with E-state index >= 15 is 0 Å². The third kappa shape index (κ3) is 4.42. The molecule has 4 nitrogen and oxygen atoms in total. The molecule has 0 aliphatic rings. The summed E-state index contributed by atoms with van der Waals surface area (Å²) in [6.07, 6.45) is 3.95. The Balaban J connectivity index is 2.62. The Morgan fingerprint density at radius 3 is 2.56 bits per heavy atom. The van der Waals surface area contributed by atoms with E-state index in [-0.39, 0.29) is 5.60 Å². The second kappa shape index (κ2) is 6.34. The summed E-state index contributed by atoms with van der Waals surface area (Å²) in [4.78, 5) is 0. The van der Waals surface area contributed by atoms with Crippen LogP contribution in [-0.4, -0.2) is 35.6 Å². The molecule has 0 radical (unpaired) electrons. The highest BCUT2D eigenvalue weighted by molar-refractivity contribution is 5.02. The highest BCUT2D eigenvalue weighted by Gasteiger charge is 2.22. The number of methoxy groups -OCH3 is 1. The number of ether oxygens (including phenoxy) is 1. The van der Waals surface area contributed by atoms with Crippen molar-refractivity contribution < 1.29 is 4.74 Å². The molecule has 0 aliphatic heterocycles. The SMILES string of the molecule is CNC(Cc1ccn(C(C)C)n1)CC(C)(C)OC. The molecular formula is C14H27N3O. The Kier molecular flexibility index (Phi) is 5.35. The van der Waals surface area contributed by atoms with Crippen LogP contribution in [0.1, 0.15) is 45.9 Å². The van der Waals surface area contributed by atoms with E-state index in [4.69, 9.17) is 4.74 Å². The van der Waals surface area contributed by atoms with E-state index < -0.39 is 0 Å². The Morgan fingerprint density at radius 1 is 1.44 bits per heavy atom. The molecule has 1 heterocycles. The first-order chi connectivity index (χ1) is 8.38. The van der Waals surface area contributed by atoms with E-state index in [1.165, 1.54) is 0 Å². The zero-order chi connectivity index (χ0) is 13.8. The molecule has 0 saturated heterocycles. The van der Waals surface area contributed by atoms with Gasteiger partial charge < -0.3 is 10.1 Å². The summed E-state index contributed by atoms with van der Waals surface area (Å²) in [5.41, 5.74) is 1.03. The topological polar surface area (TPSA) is 39.1 Å². The van der Waals surface area contributed by atoms with Crippen LogP contribution >= 0.6 is 0 Å². The van der Waals surface area contributed by atoms with Crippen molar-refractivity contribution in [2.24, 2.45) is 0 Å². The second-order valence-electron chi connectivity index (χ2n) is 5.74. The largest absolute Gasteiger partial charge is 0.379 e. The fourth-order valence-electron chi connectivity index (χ4n) is 1.98. The Labute approximate surface area is 111 Å². The molecule has 4 heteroatoms. The number of aromatic nitrogens is 2. The van der Waals surface area contributed by atoms with E-state index in [0.29, 0.717) is 12.1 Å². The summed E-state index contributed by atoms with van der Waals surface area (Å²) in [6, 6.07) is 2.90. The first-order valence-corrected chi connectivity index (χ1v) is 6.64. The molecule has 1 unspecified atom stereocenters. The monoisotopic (exact) mass is 253 g/mol. The molecule has 0 fully saturated rings. The molecule has 18 heavy (non-hydrogen) atoms. The molecule has 0 spiro atoms. The fraction of sp³-hybridized carbons (Fsp3) is 0.786. The molecule has 0 amide bonds. The van der Waals surface area contributed by atoms with Crippen molar-refractivity contribution in [3.05, 3.63) is 18.0 Å². The van der Waals surface area contributed by atoms with Crippen LogP contribution in [0.4, 0.5) is 0 Å². The maximum atomic E-state index is 5.49. The van der Waals surface area contributed by atoms with Gasteiger partial charge in [0.15, 0.2) is 0 Å². The van der Waals surface area contributed by atoms with Gasteiger partial charge in [-0.05, 0) is 47.2 Å². The number of likely N-dealkylation sites (N-methyl/N-ethyl adjacent to an activating group) is 1. The van der Waals surface area contributed by atoms with Crippen LogP contribution in [0.2, 0.25) is 0 Å². The van der Waals surface area contributed by atoms with Crippen LogP contribution in [0, 0.1) is 0 Å². The number of nitrogens with one attached hydrogen (secondary N) is 1. The lowest BCUT2D eigenvalue weighted by Gasteiger charge is -2.28. The molecule has 1 N–H and O–H groups in total. The molecule has 0 aromatic carbocycles. The zero-order valence-electron chi connectivity index (χ0n) is 12.5. The first-order valence-electron chi connectivity index (χ1n) is 6.64. The molecule has 1 rings (SSSR count). The summed E-state index contributed by atoms with van der Waals surface area (Å²) in [6.45, 7) is 8.51. The minimum Gasteiger partial charge on any atom is -0.379 e. The summed E-state index contributed by atoms with van der Waals surface area (Å²) >= 11 is 0. The van der Waals surface area contributed by atoms with E-state index in [9.17, 15) is 0 Å². The van der Waals surface area contributed by atoms with E-state index in [0.717, 1.165) is 18.5 Å². The molecule has 1 aromatic heterocycles. The van der Waals surface area contributed by atoms with Gasteiger partial charge in [-0.2, -0.15) is 5.10 Å². The lowest BCUT2D eigenvalue weighted by Crippen LogP contribution is -2.37. The average Bonchev–Trinajstić information content (AvgIpc) is 2.76. The molecule has 0 bridgehead atoms. The first kappa shape index (κ1) is 15.2. The van der Waals surface area contributed by atoms with Gasteiger partial charge in [0.25, 0.3) is 0 Å². The summed E-state index contributed by atoms with van der Waals surface area (Å²) in [7, 11) is 3.76. The smallest absolute Gasteiger partial charge is 0.0640 e. The predicted molar refractivity (Wildman–Crippen MR) is 74.9 cm³/mol. The number of rotatable bonds is 7. The standard InChI is InChI=1S/C14H27N3O/c1-11(2)17-8-7-12(16-17)9-13(15-5)10-14(3,4)18-6/h7-8,11,13,15H,9-10H2,1-6H3. The van der Waals surface area contributed by atoms with Gasteiger partial charge in [0.1, 0.15) is 0 Å². The van der Waals surface area contributed by atoms with Crippen molar-refractivity contribution in [1.82, 2.24) is 15.1 Å². The normalized spacial score (nSPS) is 14.2. The minimum atomic E-state index is -0.103. The lowest BCUT2D eigenvalue weighted by atomic mass is 9.96. The van der Waals surface area contributed by atoms with Gasteiger partial charge in [0.2, 0.25) is 0 Å². The van der Waals surface area contributed by atoms with Crippen LogP contribution in [0.5, 0.6) is 0 Å². The number of hydrogen-bond acceptors (Lipinski definition) is 3. The van der Waals surface area contributed by atoms with E-state index in [1.807, 2.05) is 17.9 Å². The van der Waals surface area contributed by atoms with Gasteiger partial charge in [-0.1, -0.05) is 0 Å². The van der Waals surface area contributed by atoms with Crippen LogP contribution in [0.25, 0.3) is 0 Å². The minimum absolute atomic E-state index is 0.103. The Morgan fingerprint density at radius 2 is 2.11 bits per heavy atom. The highest BCUT2D eigenvalue weighted by atomic mass is 16.5. The van der Waals surface area contributed by atoms with Crippen LogP contribution in [0.3, 0.4) is 0 Å². The van der Waals surface area contributed by atoms with Gasteiger partial charge in [0, 0.05) is 31.8 Å². The molecule has 0 saturated carbocycles. The lowest BCUT2D eigenvalue weighted by molar-refractivity contribution is 0.00765. The van der Waals surface area contributed by atoms with Gasteiger partial charge in [-0.3, -0.25) is 4.68 Å². The summed E-state index contributed by atoms with van der Waals surface area (Å²) in [5, 5.41) is 7.94. The quantitative estimate of drug-likeness (QED) is 0.811. The highest BCUT2D eigenvalue weighted by Crippen LogP contribution is 2.18. The number of hydrogen-bond donors (Lipinski definition) is 1. The molecule has 1 aromatic rings. The van der Waals surface area contributed by atoms with Gasteiger partial charge in [0.05, 0.1) is 11.3 Å². The van der Waals surface area contributed by atoms with E-state index in [2.05, 4.69) is 44.2 Å². The van der Waals surface area contributed by atoms with Crippen molar-refractivity contribution in [2.75, 3.05) is 14.2 Å². The third-order valence-electron chi connectivity index (χ3n) is 3.35. The number of nitrogens with zero attached hydrogens (tertiary/aromatic N) is 2. The fourth-order valence-corrected chi connectivity index (χ4v) is 1.98. The molecule has 104 valence electrons. The summed E-state index contributed by atoms with van der Waals surface area (Å²) < 4.78 is 7.49. The maximum absolute atomic E-state index is 5.49.